The fourth-order valence-electron chi connectivity index (χ4n) is 3.53. The fraction of sp³-hybridized carbons (Fsp3) is 0.333. The Morgan fingerprint density at radius 1 is 1.14 bits per heavy atom. The van der Waals surface area contributed by atoms with Gasteiger partial charge in [-0.15, -0.1) is 24.0 Å². The van der Waals surface area contributed by atoms with Gasteiger partial charge < -0.3 is 25.1 Å². The molecule has 0 bridgehead atoms. The SMILES string of the molecule is I.NC(=NCc1nc2ccccc2n1C1CC1)Nc1ccc2c(c1)OCCCO2. The molecular formula is C21H24IN5O2. The maximum absolute atomic E-state index is 6.13. The summed E-state index contributed by atoms with van der Waals surface area (Å²) in [6, 6.07) is 14.5. The Morgan fingerprint density at radius 2 is 1.93 bits per heavy atom. The summed E-state index contributed by atoms with van der Waals surface area (Å²) in [4.78, 5) is 9.27. The topological polar surface area (TPSA) is 86.7 Å². The van der Waals surface area contributed by atoms with Gasteiger partial charge >= 0.3 is 0 Å². The molecule has 1 aliphatic heterocycles. The number of hydrogen-bond donors (Lipinski definition) is 2. The minimum Gasteiger partial charge on any atom is -0.490 e. The highest BCUT2D eigenvalue weighted by atomic mass is 127. The van der Waals surface area contributed by atoms with E-state index in [9.17, 15) is 0 Å². The first kappa shape index (κ1) is 19.8. The number of para-hydroxylation sites is 2. The standard InChI is InChI=1S/C21H23N5O2.HI/c22-21(24-14-6-9-18-19(12-14)28-11-3-10-27-18)23-13-20-25-16-4-1-2-5-17(16)26(20)15-7-8-15;/h1-2,4-6,9,12,15H,3,7-8,10-11,13H2,(H3,22,23,24);1H. The molecule has 8 heteroatoms. The number of anilines is 1. The number of imidazole rings is 1. The Balaban J connectivity index is 0.00000205. The highest BCUT2D eigenvalue weighted by Crippen LogP contribution is 2.38. The van der Waals surface area contributed by atoms with Gasteiger partial charge in [-0.3, -0.25) is 0 Å². The maximum atomic E-state index is 6.13. The van der Waals surface area contributed by atoms with Crippen LogP contribution in [-0.2, 0) is 6.54 Å². The Morgan fingerprint density at radius 3 is 2.76 bits per heavy atom. The maximum Gasteiger partial charge on any atom is 0.193 e. The van der Waals surface area contributed by atoms with Gasteiger partial charge in [-0.1, -0.05) is 12.1 Å². The highest BCUT2D eigenvalue weighted by Gasteiger charge is 2.27. The number of nitrogens with one attached hydrogen (secondary N) is 1. The van der Waals surface area contributed by atoms with Crippen LogP contribution in [0.25, 0.3) is 11.0 Å². The molecule has 2 heterocycles. The minimum absolute atomic E-state index is 0. The number of benzene rings is 2. The van der Waals surface area contributed by atoms with Gasteiger partial charge in [0, 0.05) is 24.2 Å². The van der Waals surface area contributed by atoms with E-state index in [1.165, 1.54) is 18.4 Å². The first-order valence-corrected chi connectivity index (χ1v) is 9.70. The molecule has 1 aromatic heterocycles. The molecule has 0 radical (unpaired) electrons. The summed E-state index contributed by atoms with van der Waals surface area (Å²) in [6.07, 6.45) is 3.27. The molecule has 5 rings (SSSR count). The first-order valence-electron chi connectivity index (χ1n) is 9.70. The number of ether oxygens (including phenoxy) is 2. The summed E-state index contributed by atoms with van der Waals surface area (Å²) >= 11 is 0. The van der Waals surface area contributed by atoms with Crippen LogP contribution < -0.4 is 20.5 Å². The molecule has 1 saturated carbocycles. The number of aromatic nitrogens is 2. The van der Waals surface area contributed by atoms with Crippen LogP contribution in [0.3, 0.4) is 0 Å². The Labute approximate surface area is 186 Å². The summed E-state index contributed by atoms with van der Waals surface area (Å²) in [5.74, 6) is 2.79. The molecule has 1 aliphatic carbocycles. The molecular weight excluding hydrogens is 481 g/mol. The quantitative estimate of drug-likeness (QED) is 0.317. The van der Waals surface area contributed by atoms with Gasteiger partial charge in [0.25, 0.3) is 0 Å². The smallest absolute Gasteiger partial charge is 0.193 e. The third-order valence-electron chi connectivity index (χ3n) is 4.99. The number of aliphatic imine (C=N–C) groups is 1. The zero-order valence-electron chi connectivity index (χ0n) is 16.0. The lowest BCUT2D eigenvalue weighted by molar-refractivity contribution is 0.297. The third-order valence-corrected chi connectivity index (χ3v) is 4.99. The number of nitrogens with zero attached hydrogens (tertiary/aromatic N) is 3. The van der Waals surface area contributed by atoms with Gasteiger partial charge in [0.15, 0.2) is 17.5 Å². The van der Waals surface area contributed by atoms with Crippen molar-refractivity contribution in [3.05, 3.63) is 48.3 Å². The predicted octanol–water partition coefficient (Wildman–Crippen LogP) is 4.08. The van der Waals surface area contributed by atoms with E-state index in [1.807, 2.05) is 30.3 Å². The summed E-state index contributed by atoms with van der Waals surface area (Å²) in [5, 5.41) is 3.14. The summed E-state index contributed by atoms with van der Waals surface area (Å²) in [6.45, 7) is 1.76. The average Bonchev–Trinajstić information content (AvgIpc) is 3.50. The van der Waals surface area contributed by atoms with E-state index in [0.29, 0.717) is 31.8 Å². The molecule has 29 heavy (non-hydrogen) atoms. The van der Waals surface area contributed by atoms with Gasteiger partial charge in [0.1, 0.15) is 12.4 Å². The normalized spacial score (nSPS) is 16.2. The largest absolute Gasteiger partial charge is 0.490 e. The number of fused-ring (bicyclic) bond motifs is 2. The molecule has 0 amide bonds. The molecule has 0 unspecified atom stereocenters. The fourth-order valence-corrected chi connectivity index (χ4v) is 3.53. The van der Waals surface area contributed by atoms with Gasteiger partial charge in [0.2, 0.25) is 0 Å². The monoisotopic (exact) mass is 505 g/mol. The van der Waals surface area contributed by atoms with Crippen LogP contribution in [0.15, 0.2) is 47.5 Å². The van der Waals surface area contributed by atoms with Crippen LogP contribution >= 0.6 is 24.0 Å². The van der Waals surface area contributed by atoms with Crippen molar-refractivity contribution in [3.63, 3.8) is 0 Å². The van der Waals surface area contributed by atoms with E-state index in [0.717, 1.165) is 34.9 Å². The molecule has 3 N–H and O–H groups in total. The molecule has 2 aliphatic rings. The summed E-state index contributed by atoms with van der Waals surface area (Å²) in [5.41, 5.74) is 9.13. The number of guanidine groups is 1. The van der Waals surface area contributed by atoms with Gasteiger partial charge in [0.05, 0.1) is 24.2 Å². The Bertz CT molecular complexity index is 1040. The van der Waals surface area contributed by atoms with Crippen LogP contribution in [0.4, 0.5) is 5.69 Å². The molecule has 152 valence electrons. The zero-order chi connectivity index (χ0) is 18.9. The Kier molecular flexibility index (Phi) is 5.79. The van der Waals surface area contributed by atoms with E-state index in [4.69, 9.17) is 20.2 Å². The van der Waals surface area contributed by atoms with Crippen molar-refractivity contribution < 1.29 is 9.47 Å². The van der Waals surface area contributed by atoms with Crippen molar-refractivity contribution in [3.8, 4) is 11.5 Å². The Hall–Kier alpha value is -2.49. The van der Waals surface area contributed by atoms with Crippen molar-refractivity contribution in [2.24, 2.45) is 10.7 Å². The van der Waals surface area contributed by atoms with Crippen LogP contribution in [0.5, 0.6) is 11.5 Å². The second-order valence-corrected chi connectivity index (χ2v) is 7.16. The predicted molar refractivity (Wildman–Crippen MR) is 124 cm³/mol. The number of hydrogen-bond acceptors (Lipinski definition) is 4. The molecule has 0 atom stereocenters. The van der Waals surface area contributed by atoms with Crippen molar-refractivity contribution in [1.29, 1.82) is 0 Å². The second-order valence-electron chi connectivity index (χ2n) is 7.16. The highest BCUT2D eigenvalue weighted by molar-refractivity contribution is 14.0. The van der Waals surface area contributed by atoms with E-state index in [1.54, 1.807) is 0 Å². The molecule has 3 aromatic rings. The van der Waals surface area contributed by atoms with E-state index < -0.39 is 0 Å². The van der Waals surface area contributed by atoms with Crippen LogP contribution in [0.2, 0.25) is 0 Å². The lowest BCUT2D eigenvalue weighted by atomic mass is 10.3. The lowest BCUT2D eigenvalue weighted by Crippen LogP contribution is -2.23. The van der Waals surface area contributed by atoms with E-state index >= 15 is 0 Å². The third kappa shape index (κ3) is 4.26. The summed E-state index contributed by atoms with van der Waals surface area (Å²) in [7, 11) is 0. The van der Waals surface area contributed by atoms with Gasteiger partial charge in [-0.05, 0) is 37.1 Å². The molecule has 1 fully saturated rings. The lowest BCUT2D eigenvalue weighted by Gasteiger charge is -2.11. The van der Waals surface area contributed by atoms with E-state index in [-0.39, 0.29) is 24.0 Å². The number of rotatable bonds is 4. The van der Waals surface area contributed by atoms with Crippen molar-refractivity contribution in [2.75, 3.05) is 18.5 Å². The minimum atomic E-state index is 0. The molecule has 2 aromatic carbocycles. The van der Waals surface area contributed by atoms with E-state index in [2.05, 4.69) is 27.0 Å². The second kappa shape index (κ2) is 8.48. The molecule has 7 nitrogen and oxygen atoms in total. The van der Waals surface area contributed by atoms with Gasteiger partial charge in [-0.25, -0.2) is 9.98 Å². The summed E-state index contributed by atoms with van der Waals surface area (Å²) < 4.78 is 13.7. The molecule has 0 spiro atoms. The van der Waals surface area contributed by atoms with Crippen molar-refractivity contribution >= 4 is 46.7 Å². The van der Waals surface area contributed by atoms with Gasteiger partial charge in [-0.2, -0.15) is 0 Å². The zero-order valence-corrected chi connectivity index (χ0v) is 18.3. The van der Waals surface area contributed by atoms with Crippen molar-refractivity contribution in [1.82, 2.24) is 9.55 Å². The van der Waals surface area contributed by atoms with Crippen LogP contribution in [0, 0.1) is 0 Å². The first-order chi connectivity index (χ1) is 13.8. The van der Waals surface area contributed by atoms with Crippen LogP contribution in [-0.4, -0.2) is 28.7 Å². The van der Waals surface area contributed by atoms with Crippen molar-refractivity contribution in [2.45, 2.75) is 31.8 Å². The number of halogens is 1. The average molecular weight is 505 g/mol. The van der Waals surface area contributed by atoms with Crippen LogP contribution in [0.1, 0.15) is 31.1 Å². The number of nitrogens with two attached hydrogens (primary N) is 1. The molecule has 0 saturated heterocycles.